The van der Waals surface area contributed by atoms with Gasteiger partial charge in [0.2, 0.25) is 0 Å². The molecule has 2 saturated heterocycles. The highest BCUT2D eigenvalue weighted by Gasteiger charge is 2.58. The number of rotatable bonds is 2. The van der Waals surface area contributed by atoms with Crippen LogP contribution >= 0.6 is 0 Å². The van der Waals surface area contributed by atoms with Gasteiger partial charge < -0.3 is 20.3 Å². The highest BCUT2D eigenvalue weighted by molar-refractivity contribution is 5.81. The van der Waals surface area contributed by atoms with Crippen molar-refractivity contribution in [3.8, 4) is 0 Å². The van der Waals surface area contributed by atoms with Crippen LogP contribution in [0.5, 0.6) is 0 Å². The standard InChI is InChI=1S/C10H11N5O3/c11-8-5-9(13-2-12-8)15(3-14-5)10-7-6(18-7)4(1-16)17-10/h2-4,6-7,10,16H,1H2,(H2,11,12,13)/t4-,6-,7-,10+/m1/s1. The van der Waals surface area contributed by atoms with E-state index in [2.05, 4.69) is 15.0 Å². The summed E-state index contributed by atoms with van der Waals surface area (Å²) >= 11 is 0. The summed E-state index contributed by atoms with van der Waals surface area (Å²) in [7, 11) is 0. The molecule has 8 heteroatoms. The molecule has 0 amide bonds. The molecule has 4 atom stereocenters. The van der Waals surface area contributed by atoms with Crippen LogP contribution in [0.15, 0.2) is 12.7 Å². The first-order valence-corrected chi connectivity index (χ1v) is 5.64. The Morgan fingerprint density at radius 1 is 1.28 bits per heavy atom. The Bertz CT molecular complexity index is 615. The first kappa shape index (κ1) is 10.2. The van der Waals surface area contributed by atoms with Crippen molar-refractivity contribution in [3.63, 3.8) is 0 Å². The number of fused-ring (bicyclic) bond motifs is 2. The Morgan fingerprint density at radius 2 is 2.17 bits per heavy atom. The average Bonchev–Trinajstić information content (AvgIpc) is 2.91. The van der Waals surface area contributed by atoms with Crippen molar-refractivity contribution in [1.29, 1.82) is 0 Å². The largest absolute Gasteiger partial charge is 0.394 e. The van der Waals surface area contributed by atoms with Crippen molar-refractivity contribution in [2.75, 3.05) is 12.3 Å². The van der Waals surface area contributed by atoms with Gasteiger partial charge in [-0.25, -0.2) is 15.0 Å². The molecule has 4 heterocycles. The van der Waals surface area contributed by atoms with Crippen LogP contribution in [-0.4, -0.2) is 49.5 Å². The molecule has 94 valence electrons. The van der Waals surface area contributed by atoms with Crippen molar-refractivity contribution in [3.05, 3.63) is 12.7 Å². The summed E-state index contributed by atoms with van der Waals surface area (Å²) in [6.45, 7) is -0.0541. The zero-order valence-electron chi connectivity index (χ0n) is 9.30. The molecule has 8 nitrogen and oxygen atoms in total. The third-order valence-corrected chi connectivity index (χ3v) is 3.36. The summed E-state index contributed by atoms with van der Waals surface area (Å²) in [5, 5.41) is 9.16. The van der Waals surface area contributed by atoms with Crippen LogP contribution in [0.3, 0.4) is 0 Å². The van der Waals surface area contributed by atoms with Crippen molar-refractivity contribution < 1.29 is 14.6 Å². The number of epoxide rings is 1. The number of nitrogens with two attached hydrogens (primary N) is 1. The number of imidazole rings is 1. The number of hydrogen-bond acceptors (Lipinski definition) is 7. The van der Waals surface area contributed by atoms with Crippen LogP contribution in [0.1, 0.15) is 6.23 Å². The molecule has 4 rings (SSSR count). The van der Waals surface area contributed by atoms with Crippen LogP contribution in [0, 0.1) is 0 Å². The van der Waals surface area contributed by atoms with Gasteiger partial charge in [-0.1, -0.05) is 0 Å². The minimum atomic E-state index is -0.313. The van der Waals surface area contributed by atoms with E-state index in [1.54, 1.807) is 10.9 Å². The fourth-order valence-corrected chi connectivity index (χ4v) is 2.43. The smallest absolute Gasteiger partial charge is 0.167 e. The molecule has 2 fully saturated rings. The Balaban J connectivity index is 1.78. The molecule has 2 aliphatic heterocycles. The van der Waals surface area contributed by atoms with Gasteiger partial charge >= 0.3 is 0 Å². The summed E-state index contributed by atoms with van der Waals surface area (Å²) in [5.41, 5.74) is 6.89. The van der Waals surface area contributed by atoms with Crippen LogP contribution in [-0.2, 0) is 9.47 Å². The van der Waals surface area contributed by atoms with Gasteiger partial charge in [0.15, 0.2) is 17.7 Å². The maximum atomic E-state index is 9.16. The summed E-state index contributed by atoms with van der Waals surface area (Å²) in [6.07, 6.45) is 2.33. The maximum absolute atomic E-state index is 9.16. The van der Waals surface area contributed by atoms with E-state index in [9.17, 15) is 0 Å². The van der Waals surface area contributed by atoms with Crippen LogP contribution in [0.25, 0.3) is 11.2 Å². The number of nitrogens with zero attached hydrogens (tertiary/aromatic N) is 4. The molecule has 0 saturated carbocycles. The topological polar surface area (TPSA) is 112 Å². The van der Waals surface area contributed by atoms with Crippen LogP contribution < -0.4 is 5.73 Å². The van der Waals surface area contributed by atoms with E-state index in [4.69, 9.17) is 20.3 Å². The lowest BCUT2D eigenvalue weighted by molar-refractivity contribution is -0.0823. The predicted octanol–water partition coefficient (Wildman–Crippen LogP) is -0.934. The molecule has 0 bridgehead atoms. The zero-order valence-corrected chi connectivity index (χ0v) is 9.30. The lowest BCUT2D eigenvalue weighted by Crippen LogP contribution is -2.22. The van der Waals surface area contributed by atoms with Gasteiger partial charge in [0, 0.05) is 0 Å². The van der Waals surface area contributed by atoms with Gasteiger partial charge in [0.05, 0.1) is 12.9 Å². The van der Waals surface area contributed by atoms with E-state index < -0.39 is 0 Å². The number of nitrogen functional groups attached to an aromatic ring is 1. The Morgan fingerprint density at radius 3 is 2.94 bits per heavy atom. The van der Waals surface area contributed by atoms with E-state index in [-0.39, 0.29) is 31.1 Å². The number of anilines is 1. The number of aromatic nitrogens is 4. The number of ether oxygens (including phenoxy) is 2. The predicted molar refractivity (Wildman–Crippen MR) is 59.4 cm³/mol. The van der Waals surface area contributed by atoms with E-state index in [0.717, 1.165) is 0 Å². The van der Waals surface area contributed by atoms with Crippen molar-refractivity contribution in [2.45, 2.75) is 24.5 Å². The molecule has 0 radical (unpaired) electrons. The van der Waals surface area contributed by atoms with Gasteiger partial charge in [0.1, 0.15) is 30.2 Å². The van der Waals surface area contributed by atoms with Gasteiger partial charge in [-0.05, 0) is 0 Å². The quantitative estimate of drug-likeness (QED) is 0.661. The fourth-order valence-electron chi connectivity index (χ4n) is 2.43. The Labute approximate surface area is 101 Å². The number of aliphatic hydroxyl groups excluding tert-OH is 1. The van der Waals surface area contributed by atoms with E-state index in [1.807, 2.05) is 0 Å². The summed E-state index contributed by atoms with van der Waals surface area (Å²) in [5.74, 6) is 0.337. The molecule has 2 aliphatic rings. The molecular formula is C10H11N5O3. The molecule has 2 aromatic heterocycles. The van der Waals surface area contributed by atoms with Gasteiger partial charge in [-0.3, -0.25) is 4.57 Å². The third kappa shape index (κ3) is 1.22. The molecule has 3 N–H and O–H groups in total. The van der Waals surface area contributed by atoms with E-state index in [1.165, 1.54) is 6.33 Å². The molecule has 0 spiro atoms. The second-order valence-electron chi connectivity index (χ2n) is 4.40. The third-order valence-electron chi connectivity index (χ3n) is 3.36. The summed E-state index contributed by atoms with van der Waals surface area (Å²) in [4.78, 5) is 12.2. The van der Waals surface area contributed by atoms with Crippen molar-refractivity contribution >= 4 is 17.0 Å². The normalized spacial score (nSPS) is 33.8. The lowest BCUT2D eigenvalue weighted by atomic mass is 10.2. The lowest BCUT2D eigenvalue weighted by Gasteiger charge is -2.17. The average molecular weight is 249 g/mol. The molecule has 0 aromatic carbocycles. The van der Waals surface area contributed by atoms with Gasteiger partial charge in [0.25, 0.3) is 0 Å². The molecule has 0 unspecified atom stereocenters. The summed E-state index contributed by atoms with van der Waals surface area (Å²) in [6, 6.07) is 0. The Hall–Kier alpha value is -1.77. The van der Waals surface area contributed by atoms with Gasteiger partial charge in [-0.2, -0.15) is 0 Å². The SMILES string of the molecule is Nc1ncnc2c1ncn2[C@H]1O[C@H](CO)[C@H]2O[C@H]21. The maximum Gasteiger partial charge on any atom is 0.167 e. The highest BCUT2D eigenvalue weighted by Crippen LogP contribution is 2.45. The van der Waals surface area contributed by atoms with E-state index >= 15 is 0 Å². The second kappa shape index (κ2) is 3.37. The first-order chi connectivity index (χ1) is 8.79. The minimum absolute atomic E-state index is 0.0309. The van der Waals surface area contributed by atoms with Crippen LogP contribution in [0.4, 0.5) is 5.82 Å². The minimum Gasteiger partial charge on any atom is -0.394 e. The highest BCUT2D eigenvalue weighted by atomic mass is 16.7. The van der Waals surface area contributed by atoms with Crippen molar-refractivity contribution in [2.24, 2.45) is 0 Å². The summed E-state index contributed by atoms with van der Waals surface area (Å²) < 4.78 is 12.9. The Kier molecular flexibility index (Phi) is 1.91. The number of aliphatic hydroxyl groups is 1. The number of hydrogen-bond donors (Lipinski definition) is 2. The second-order valence-corrected chi connectivity index (χ2v) is 4.40. The molecular weight excluding hydrogens is 238 g/mol. The molecule has 18 heavy (non-hydrogen) atoms. The fraction of sp³-hybridized carbons (Fsp3) is 0.500. The zero-order chi connectivity index (χ0) is 12.3. The van der Waals surface area contributed by atoms with E-state index in [0.29, 0.717) is 17.0 Å². The van der Waals surface area contributed by atoms with Crippen LogP contribution in [0.2, 0.25) is 0 Å². The molecule has 2 aromatic rings. The van der Waals surface area contributed by atoms with Crippen molar-refractivity contribution in [1.82, 2.24) is 19.5 Å². The van der Waals surface area contributed by atoms with Gasteiger partial charge in [-0.15, -0.1) is 0 Å². The monoisotopic (exact) mass is 249 g/mol. The molecule has 0 aliphatic carbocycles. The first-order valence-electron chi connectivity index (χ1n) is 5.64.